The quantitative estimate of drug-likeness (QED) is 0.665. The topological polar surface area (TPSA) is 64.6 Å². The fourth-order valence-corrected chi connectivity index (χ4v) is 1.51. The molecule has 0 unspecified atom stereocenters. The molecule has 0 fully saturated rings. The number of rotatable bonds is 5. The van der Waals surface area contributed by atoms with Gasteiger partial charge in [0.1, 0.15) is 17.8 Å². The fraction of sp³-hybridized carbons (Fsp3) is 0.467. The summed E-state index contributed by atoms with van der Waals surface area (Å²) in [4.78, 5) is 22.7. The minimum atomic E-state index is -0.530. The number of hydrogen-bond acceptors (Lipinski definition) is 4. The first-order chi connectivity index (χ1) is 9.30. The first-order valence-corrected chi connectivity index (χ1v) is 6.54. The van der Waals surface area contributed by atoms with E-state index in [0.29, 0.717) is 5.69 Å². The third-order valence-corrected chi connectivity index (χ3v) is 2.17. The maximum absolute atomic E-state index is 11.6. The summed E-state index contributed by atoms with van der Waals surface area (Å²) in [6, 6.07) is 6.99. The Morgan fingerprint density at radius 2 is 1.75 bits per heavy atom. The minimum absolute atomic E-state index is 0.269. The molecule has 0 spiro atoms. The Kier molecular flexibility index (Phi) is 5.55. The molecular formula is C15H21NO4. The summed E-state index contributed by atoms with van der Waals surface area (Å²) in [5.74, 6) is -0.202. The highest BCUT2D eigenvalue weighted by Crippen LogP contribution is 2.20. The van der Waals surface area contributed by atoms with Crippen molar-refractivity contribution in [1.29, 1.82) is 0 Å². The fourth-order valence-electron chi connectivity index (χ4n) is 1.51. The average Bonchev–Trinajstić information content (AvgIpc) is 2.30. The van der Waals surface area contributed by atoms with Crippen LogP contribution < -0.4 is 10.1 Å². The number of carbonyl (C=O) groups excluding carboxylic acids is 2. The van der Waals surface area contributed by atoms with Gasteiger partial charge in [0, 0.05) is 5.69 Å². The lowest BCUT2D eigenvalue weighted by molar-refractivity contribution is -0.145. The number of nitrogens with one attached hydrogen (secondary N) is 1. The first-order valence-electron chi connectivity index (χ1n) is 6.54. The van der Waals surface area contributed by atoms with Gasteiger partial charge in [-0.1, -0.05) is 0 Å². The second-order valence-electron chi connectivity index (χ2n) is 5.27. The maximum atomic E-state index is 11.6. The van der Waals surface area contributed by atoms with E-state index in [1.54, 1.807) is 31.2 Å². The zero-order valence-corrected chi connectivity index (χ0v) is 12.4. The molecule has 0 saturated carbocycles. The van der Waals surface area contributed by atoms with Crippen molar-refractivity contribution in [2.75, 3.05) is 11.9 Å². The van der Waals surface area contributed by atoms with E-state index >= 15 is 0 Å². The van der Waals surface area contributed by atoms with Crippen LogP contribution >= 0.6 is 0 Å². The molecule has 0 aliphatic carbocycles. The van der Waals surface area contributed by atoms with Gasteiger partial charge in [0.05, 0.1) is 6.61 Å². The van der Waals surface area contributed by atoms with Crippen molar-refractivity contribution in [3.05, 3.63) is 24.3 Å². The Labute approximate surface area is 119 Å². The third kappa shape index (κ3) is 6.22. The number of esters is 1. The molecule has 0 aromatic heterocycles. The Balaban J connectivity index is 2.53. The number of anilines is 1. The van der Waals surface area contributed by atoms with Crippen molar-refractivity contribution in [2.45, 2.75) is 39.7 Å². The molecule has 0 saturated heterocycles. The standard InChI is InChI=1S/C15H21NO4/c1-5-19-14(18)10-13(17)16-11-6-8-12(9-7-11)20-15(2,3)4/h6-9H,5,10H2,1-4H3,(H,16,17). The van der Waals surface area contributed by atoms with Gasteiger partial charge in [-0.15, -0.1) is 0 Å². The molecule has 1 rings (SSSR count). The van der Waals surface area contributed by atoms with Gasteiger partial charge in [-0.05, 0) is 52.0 Å². The number of benzene rings is 1. The van der Waals surface area contributed by atoms with Crippen LogP contribution in [-0.4, -0.2) is 24.1 Å². The largest absolute Gasteiger partial charge is 0.488 e. The van der Waals surface area contributed by atoms with Crippen LogP contribution in [0.5, 0.6) is 5.75 Å². The van der Waals surface area contributed by atoms with E-state index in [4.69, 9.17) is 9.47 Å². The van der Waals surface area contributed by atoms with Gasteiger partial charge in [-0.2, -0.15) is 0 Å². The molecule has 0 atom stereocenters. The van der Waals surface area contributed by atoms with E-state index in [0.717, 1.165) is 5.75 Å². The van der Waals surface area contributed by atoms with Crippen molar-refractivity contribution >= 4 is 17.6 Å². The zero-order chi connectivity index (χ0) is 15.2. The molecule has 0 heterocycles. The normalized spacial score (nSPS) is 10.8. The Bertz CT molecular complexity index is 460. The van der Waals surface area contributed by atoms with Gasteiger partial charge in [0.25, 0.3) is 0 Å². The molecular weight excluding hydrogens is 258 g/mol. The van der Waals surface area contributed by atoms with Crippen LogP contribution in [0.1, 0.15) is 34.1 Å². The van der Waals surface area contributed by atoms with Crippen LogP contribution in [0.3, 0.4) is 0 Å². The van der Waals surface area contributed by atoms with Crippen molar-refractivity contribution in [1.82, 2.24) is 0 Å². The van der Waals surface area contributed by atoms with E-state index in [9.17, 15) is 9.59 Å². The lowest BCUT2D eigenvalue weighted by Crippen LogP contribution is -2.23. The average molecular weight is 279 g/mol. The van der Waals surface area contributed by atoms with E-state index in [-0.39, 0.29) is 18.6 Å². The maximum Gasteiger partial charge on any atom is 0.315 e. The van der Waals surface area contributed by atoms with E-state index in [2.05, 4.69) is 5.32 Å². The third-order valence-electron chi connectivity index (χ3n) is 2.17. The summed E-state index contributed by atoms with van der Waals surface area (Å²) in [5, 5.41) is 2.63. The molecule has 0 radical (unpaired) electrons. The van der Waals surface area contributed by atoms with Crippen LogP contribution in [0.4, 0.5) is 5.69 Å². The first kappa shape index (κ1) is 16.0. The van der Waals surface area contributed by atoms with Crippen molar-refractivity contribution < 1.29 is 19.1 Å². The van der Waals surface area contributed by atoms with Crippen molar-refractivity contribution in [2.24, 2.45) is 0 Å². The van der Waals surface area contributed by atoms with Gasteiger partial charge < -0.3 is 14.8 Å². The molecule has 20 heavy (non-hydrogen) atoms. The number of hydrogen-bond donors (Lipinski definition) is 1. The smallest absolute Gasteiger partial charge is 0.315 e. The second-order valence-corrected chi connectivity index (χ2v) is 5.27. The molecule has 1 amide bonds. The summed E-state index contributed by atoms with van der Waals surface area (Å²) < 4.78 is 10.4. The van der Waals surface area contributed by atoms with Gasteiger partial charge in [0.2, 0.25) is 5.91 Å². The van der Waals surface area contributed by atoms with Crippen LogP contribution in [0.25, 0.3) is 0 Å². The molecule has 5 nitrogen and oxygen atoms in total. The molecule has 1 N–H and O–H groups in total. The van der Waals surface area contributed by atoms with Gasteiger partial charge in [0.15, 0.2) is 0 Å². The Morgan fingerprint density at radius 3 is 2.25 bits per heavy atom. The summed E-state index contributed by atoms with van der Waals surface area (Å²) in [6.07, 6.45) is -0.284. The van der Waals surface area contributed by atoms with E-state index in [1.807, 2.05) is 20.8 Å². The Morgan fingerprint density at radius 1 is 1.15 bits per heavy atom. The highest BCUT2D eigenvalue weighted by molar-refractivity contribution is 6.01. The molecule has 0 aliphatic heterocycles. The molecule has 0 bridgehead atoms. The molecule has 5 heteroatoms. The second kappa shape index (κ2) is 6.93. The monoisotopic (exact) mass is 279 g/mol. The molecule has 1 aromatic rings. The van der Waals surface area contributed by atoms with E-state index in [1.165, 1.54) is 0 Å². The lowest BCUT2D eigenvalue weighted by Gasteiger charge is -2.21. The highest BCUT2D eigenvalue weighted by Gasteiger charge is 2.12. The van der Waals surface area contributed by atoms with Gasteiger partial charge >= 0.3 is 5.97 Å². The predicted octanol–water partition coefficient (Wildman–Crippen LogP) is 2.76. The summed E-state index contributed by atoms with van der Waals surface area (Å²) in [5.41, 5.74) is 0.342. The molecule has 1 aromatic carbocycles. The summed E-state index contributed by atoms with van der Waals surface area (Å²) in [6.45, 7) is 7.85. The van der Waals surface area contributed by atoms with E-state index < -0.39 is 11.9 Å². The summed E-state index contributed by atoms with van der Waals surface area (Å²) in [7, 11) is 0. The highest BCUT2D eigenvalue weighted by atomic mass is 16.5. The van der Waals surface area contributed by atoms with Crippen molar-refractivity contribution in [3.63, 3.8) is 0 Å². The number of amides is 1. The summed E-state index contributed by atoms with van der Waals surface area (Å²) >= 11 is 0. The lowest BCUT2D eigenvalue weighted by atomic mass is 10.2. The SMILES string of the molecule is CCOC(=O)CC(=O)Nc1ccc(OC(C)(C)C)cc1. The zero-order valence-electron chi connectivity index (χ0n) is 12.4. The predicted molar refractivity (Wildman–Crippen MR) is 76.7 cm³/mol. The molecule has 0 aliphatic rings. The van der Waals surface area contributed by atoms with Gasteiger partial charge in [-0.3, -0.25) is 9.59 Å². The van der Waals surface area contributed by atoms with Crippen LogP contribution in [-0.2, 0) is 14.3 Å². The Hall–Kier alpha value is -2.04. The van der Waals surface area contributed by atoms with Crippen LogP contribution in [0.2, 0.25) is 0 Å². The van der Waals surface area contributed by atoms with Crippen LogP contribution in [0.15, 0.2) is 24.3 Å². The number of ether oxygens (including phenoxy) is 2. The van der Waals surface area contributed by atoms with Gasteiger partial charge in [-0.25, -0.2) is 0 Å². The van der Waals surface area contributed by atoms with Crippen LogP contribution in [0, 0.1) is 0 Å². The minimum Gasteiger partial charge on any atom is -0.488 e. The number of carbonyl (C=O) groups is 2. The van der Waals surface area contributed by atoms with Crippen molar-refractivity contribution in [3.8, 4) is 5.75 Å². The molecule has 110 valence electrons.